The van der Waals surface area contributed by atoms with Crippen LogP contribution in [0.25, 0.3) is 0 Å². The third kappa shape index (κ3) is 2.96. The Labute approximate surface area is 174 Å². The third-order valence-electron chi connectivity index (χ3n) is 5.82. The zero-order valence-corrected chi connectivity index (χ0v) is 16.6. The van der Waals surface area contributed by atoms with E-state index in [2.05, 4.69) is 5.32 Å². The van der Waals surface area contributed by atoms with Gasteiger partial charge in [-0.3, -0.25) is 14.5 Å². The van der Waals surface area contributed by atoms with Crippen LogP contribution in [0.2, 0.25) is 0 Å². The predicted molar refractivity (Wildman–Crippen MR) is 112 cm³/mol. The molecule has 1 aliphatic carbocycles. The van der Waals surface area contributed by atoms with Crippen molar-refractivity contribution >= 4 is 23.1 Å². The number of hydrogen-bond acceptors (Lipinski definition) is 5. The van der Waals surface area contributed by atoms with Crippen molar-refractivity contribution < 1.29 is 18.4 Å². The van der Waals surface area contributed by atoms with E-state index in [-0.39, 0.29) is 17.6 Å². The Morgan fingerprint density at radius 2 is 1.77 bits per heavy atom. The van der Waals surface area contributed by atoms with Gasteiger partial charge in [-0.2, -0.15) is 0 Å². The van der Waals surface area contributed by atoms with Crippen molar-refractivity contribution in [3.05, 3.63) is 83.8 Å². The fourth-order valence-corrected chi connectivity index (χ4v) is 4.48. The molecule has 0 spiro atoms. The molecule has 6 nitrogen and oxygen atoms in total. The molecule has 2 aliphatic rings. The van der Waals surface area contributed by atoms with E-state index < -0.39 is 6.04 Å². The second kappa shape index (κ2) is 7.37. The van der Waals surface area contributed by atoms with E-state index in [1.165, 1.54) is 0 Å². The number of carbonyl (C=O) groups is 2. The second-order valence-corrected chi connectivity index (χ2v) is 7.61. The first-order valence-corrected chi connectivity index (χ1v) is 10.2. The van der Waals surface area contributed by atoms with Gasteiger partial charge in [0.05, 0.1) is 23.9 Å². The highest BCUT2D eigenvalue weighted by molar-refractivity contribution is 6.06. The van der Waals surface area contributed by atoms with Crippen LogP contribution in [0.5, 0.6) is 0 Å². The summed E-state index contributed by atoms with van der Waals surface area (Å²) in [6, 6.07) is 14.4. The molecule has 0 bridgehead atoms. The summed E-state index contributed by atoms with van der Waals surface area (Å²) in [6.07, 6.45) is 4.47. The molecule has 2 aromatic heterocycles. The highest BCUT2D eigenvalue weighted by Crippen LogP contribution is 2.47. The van der Waals surface area contributed by atoms with Gasteiger partial charge in [-0.05, 0) is 42.8 Å². The monoisotopic (exact) mass is 402 g/mol. The number of nitrogens with zero attached hydrogens (tertiary/aromatic N) is 1. The quantitative estimate of drug-likeness (QED) is 0.653. The number of allylic oxidation sites excluding steroid dienone is 1. The van der Waals surface area contributed by atoms with Crippen molar-refractivity contribution in [3.63, 3.8) is 0 Å². The van der Waals surface area contributed by atoms with Crippen LogP contribution in [0, 0.1) is 0 Å². The summed E-state index contributed by atoms with van der Waals surface area (Å²) in [7, 11) is 0. The molecular weight excluding hydrogens is 380 g/mol. The van der Waals surface area contributed by atoms with Crippen molar-refractivity contribution in [2.75, 3.05) is 10.2 Å². The average Bonchev–Trinajstić information content (AvgIpc) is 3.45. The number of benzene rings is 1. The standard InChI is InChI=1S/C24H22N2O4/c1-2-22(28)26-18-8-4-3-7-16(18)25-17-13-15(20-9-5-11-29-20)14-19(27)23(17)24(26)21-10-6-12-30-21/h3-12,15,24-25H,2,13-14H2,1H3/t15-,24+/m0/s1. The number of rotatable bonds is 3. The smallest absolute Gasteiger partial charge is 0.227 e. The van der Waals surface area contributed by atoms with Gasteiger partial charge >= 0.3 is 0 Å². The normalized spacial score (nSPS) is 21.0. The molecule has 1 aromatic carbocycles. The minimum Gasteiger partial charge on any atom is -0.469 e. The van der Waals surface area contributed by atoms with Crippen molar-refractivity contribution in [1.29, 1.82) is 0 Å². The van der Waals surface area contributed by atoms with Crippen LogP contribution in [-0.2, 0) is 9.59 Å². The Hall–Kier alpha value is -3.54. The lowest BCUT2D eigenvalue weighted by Crippen LogP contribution is -2.38. The van der Waals surface area contributed by atoms with E-state index in [0.717, 1.165) is 22.8 Å². The summed E-state index contributed by atoms with van der Waals surface area (Å²) in [5, 5.41) is 3.47. The number of nitrogens with one attached hydrogen (secondary N) is 1. The Morgan fingerprint density at radius 1 is 1.03 bits per heavy atom. The largest absolute Gasteiger partial charge is 0.469 e. The zero-order chi connectivity index (χ0) is 20.7. The number of furan rings is 2. The fraction of sp³-hybridized carbons (Fsp3) is 0.250. The SMILES string of the molecule is CCC(=O)N1c2ccccc2NC2=C(C(=O)C[C@@H](c3ccco3)C2)[C@H]1c1ccco1. The Morgan fingerprint density at radius 3 is 2.47 bits per heavy atom. The van der Waals surface area contributed by atoms with E-state index in [1.54, 1.807) is 23.5 Å². The number of Topliss-reactive ketones (excluding diaryl/α,β-unsaturated/α-hetero) is 1. The highest BCUT2D eigenvalue weighted by Gasteiger charge is 2.42. The van der Waals surface area contributed by atoms with Gasteiger partial charge in [0.15, 0.2) is 5.78 Å². The van der Waals surface area contributed by atoms with E-state index in [9.17, 15) is 9.59 Å². The Kier molecular flexibility index (Phi) is 4.54. The molecule has 3 heterocycles. The summed E-state index contributed by atoms with van der Waals surface area (Å²) in [4.78, 5) is 28.3. The van der Waals surface area contributed by atoms with E-state index in [4.69, 9.17) is 8.83 Å². The molecule has 0 saturated carbocycles. The maximum absolute atomic E-state index is 13.5. The summed E-state index contributed by atoms with van der Waals surface area (Å²) in [6.45, 7) is 1.83. The number of para-hydroxylation sites is 2. The van der Waals surface area contributed by atoms with Gasteiger partial charge in [-0.25, -0.2) is 0 Å². The lowest BCUT2D eigenvalue weighted by atomic mass is 9.81. The molecule has 1 aliphatic heterocycles. The van der Waals surface area contributed by atoms with Crippen molar-refractivity contribution in [2.24, 2.45) is 0 Å². The van der Waals surface area contributed by atoms with Gasteiger partial charge in [0.2, 0.25) is 5.91 Å². The van der Waals surface area contributed by atoms with Gasteiger partial charge in [0.25, 0.3) is 0 Å². The molecule has 5 rings (SSSR count). The minimum atomic E-state index is -0.608. The summed E-state index contributed by atoms with van der Waals surface area (Å²) >= 11 is 0. The zero-order valence-electron chi connectivity index (χ0n) is 16.6. The number of hydrogen-bond donors (Lipinski definition) is 1. The maximum Gasteiger partial charge on any atom is 0.227 e. The fourth-order valence-electron chi connectivity index (χ4n) is 4.48. The first-order chi connectivity index (χ1) is 14.7. The van der Waals surface area contributed by atoms with Crippen LogP contribution in [0.15, 0.2) is 81.2 Å². The molecule has 0 saturated heterocycles. The Balaban J connectivity index is 1.71. The number of fused-ring (bicyclic) bond motifs is 1. The van der Waals surface area contributed by atoms with Gasteiger partial charge in [0, 0.05) is 30.0 Å². The molecule has 2 atom stereocenters. The molecule has 152 valence electrons. The molecule has 30 heavy (non-hydrogen) atoms. The van der Waals surface area contributed by atoms with Crippen LogP contribution < -0.4 is 10.2 Å². The van der Waals surface area contributed by atoms with Gasteiger partial charge in [0.1, 0.15) is 17.6 Å². The van der Waals surface area contributed by atoms with Crippen molar-refractivity contribution in [2.45, 2.75) is 38.1 Å². The molecule has 6 heteroatoms. The van der Waals surface area contributed by atoms with Crippen molar-refractivity contribution in [3.8, 4) is 0 Å². The number of carbonyl (C=O) groups excluding carboxylic acids is 2. The lowest BCUT2D eigenvalue weighted by Gasteiger charge is -2.33. The first kappa shape index (κ1) is 18.5. The molecule has 0 unspecified atom stereocenters. The topological polar surface area (TPSA) is 75.7 Å². The van der Waals surface area contributed by atoms with Gasteiger partial charge in [-0.15, -0.1) is 0 Å². The molecule has 0 radical (unpaired) electrons. The summed E-state index contributed by atoms with van der Waals surface area (Å²) in [5.41, 5.74) is 2.94. The highest BCUT2D eigenvalue weighted by atomic mass is 16.3. The minimum absolute atomic E-state index is 0.00624. The predicted octanol–water partition coefficient (Wildman–Crippen LogP) is 5.18. The van der Waals surface area contributed by atoms with E-state index in [1.807, 2.05) is 49.4 Å². The van der Waals surface area contributed by atoms with Crippen LogP contribution in [0.1, 0.15) is 49.7 Å². The second-order valence-electron chi connectivity index (χ2n) is 7.61. The summed E-state index contributed by atoms with van der Waals surface area (Å²) < 4.78 is 11.3. The molecular formula is C24H22N2O4. The number of anilines is 2. The van der Waals surface area contributed by atoms with Crippen LogP contribution in [0.3, 0.4) is 0 Å². The third-order valence-corrected chi connectivity index (χ3v) is 5.82. The average molecular weight is 402 g/mol. The Bertz CT molecular complexity index is 1110. The van der Waals surface area contributed by atoms with Gasteiger partial charge in [-0.1, -0.05) is 19.1 Å². The van der Waals surface area contributed by atoms with Crippen LogP contribution in [0.4, 0.5) is 11.4 Å². The first-order valence-electron chi connectivity index (χ1n) is 10.2. The molecule has 0 fully saturated rings. The molecule has 1 N–H and O–H groups in total. The van der Waals surface area contributed by atoms with Crippen molar-refractivity contribution in [1.82, 2.24) is 0 Å². The molecule has 1 amide bonds. The number of ketones is 1. The van der Waals surface area contributed by atoms with E-state index >= 15 is 0 Å². The van der Waals surface area contributed by atoms with Crippen LogP contribution in [-0.4, -0.2) is 11.7 Å². The van der Waals surface area contributed by atoms with Crippen LogP contribution >= 0.6 is 0 Å². The van der Waals surface area contributed by atoms with E-state index in [0.29, 0.717) is 30.6 Å². The molecule has 3 aromatic rings. The lowest BCUT2D eigenvalue weighted by molar-refractivity contribution is -0.119. The number of amides is 1. The summed E-state index contributed by atoms with van der Waals surface area (Å²) in [5.74, 6) is 1.25. The maximum atomic E-state index is 13.5. The van der Waals surface area contributed by atoms with Gasteiger partial charge < -0.3 is 14.2 Å².